The third-order valence-corrected chi connectivity index (χ3v) is 5.85. The molecule has 0 radical (unpaired) electrons. The molecule has 0 saturated heterocycles. The summed E-state index contributed by atoms with van der Waals surface area (Å²) >= 11 is 0. The van der Waals surface area contributed by atoms with Crippen molar-refractivity contribution in [1.29, 1.82) is 0 Å². The largest absolute Gasteiger partial charge is 0.490 e. The number of fused-ring (bicyclic) bond motifs is 1. The van der Waals surface area contributed by atoms with E-state index < -0.39 is 15.6 Å². The SMILES string of the molecule is CCC(CC)(CN)NS(=O)(=O)c1ccc2c(c1)CC(C)O2.Cl. The Hall–Kier alpha value is -0.820. The molecule has 1 aromatic carbocycles. The van der Waals surface area contributed by atoms with Crippen LogP contribution in [0, 0.1) is 0 Å². The van der Waals surface area contributed by atoms with Crippen molar-refractivity contribution < 1.29 is 13.2 Å². The summed E-state index contributed by atoms with van der Waals surface area (Å²) in [4.78, 5) is 0.277. The summed E-state index contributed by atoms with van der Waals surface area (Å²) in [5, 5.41) is 0. The van der Waals surface area contributed by atoms with Gasteiger partial charge in [-0.3, -0.25) is 0 Å². The smallest absolute Gasteiger partial charge is 0.241 e. The fourth-order valence-corrected chi connectivity index (χ4v) is 4.24. The van der Waals surface area contributed by atoms with E-state index in [-0.39, 0.29) is 30.0 Å². The van der Waals surface area contributed by atoms with Gasteiger partial charge in [0.25, 0.3) is 0 Å². The molecule has 1 aliphatic heterocycles. The van der Waals surface area contributed by atoms with Gasteiger partial charge in [0, 0.05) is 18.5 Å². The number of ether oxygens (including phenoxy) is 1. The molecule has 1 aliphatic rings. The molecule has 2 rings (SSSR count). The Labute approximate surface area is 139 Å². The molecule has 1 aromatic rings. The van der Waals surface area contributed by atoms with Crippen molar-refractivity contribution in [2.45, 2.75) is 56.6 Å². The molecular weight excluding hydrogens is 324 g/mol. The average Bonchev–Trinajstić information content (AvgIpc) is 2.84. The van der Waals surface area contributed by atoms with Crippen LogP contribution in [-0.4, -0.2) is 26.6 Å². The summed E-state index contributed by atoms with van der Waals surface area (Å²) in [7, 11) is -3.58. The highest BCUT2D eigenvalue weighted by molar-refractivity contribution is 7.89. The molecule has 0 amide bonds. The Morgan fingerprint density at radius 1 is 1.36 bits per heavy atom. The first kappa shape index (κ1) is 19.2. The Morgan fingerprint density at radius 2 is 2.00 bits per heavy atom. The first-order valence-corrected chi connectivity index (χ1v) is 8.87. The topological polar surface area (TPSA) is 81.4 Å². The number of nitrogens with one attached hydrogen (secondary N) is 1. The summed E-state index contributed by atoms with van der Waals surface area (Å²) in [6.07, 6.45) is 2.15. The van der Waals surface area contributed by atoms with Gasteiger partial charge in [-0.25, -0.2) is 13.1 Å². The molecule has 0 fully saturated rings. The van der Waals surface area contributed by atoms with E-state index in [1.165, 1.54) is 0 Å². The lowest BCUT2D eigenvalue weighted by Crippen LogP contribution is -2.52. The summed E-state index contributed by atoms with van der Waals surface area (Å²) in [5.41, 5.74) is 6.14. The van der Waals surface area contributed by atoms with Crippen LogP contribution in [0.2, 0.25) is 0 Å². The molecule has 0 saturated carbocycles. The fraction of sp³-hybridized carbons (Fsp3) is 0.600. The highest BCUT2D eigenvalue weighted by Gasteiger charge is 2.31. The molecule has 22 heavy (non-hydrogen) atoms. The zero-order valence-electron chi connectivity index (χ0n) is 13.3. The van der Waals surface area contributed by atoms with Crippen molar-refractivity contribution in [3.05, 3.63) is 23.8 Å². The summed E-state index contributed by atoms with van der Waals surface area (Å²) in [6, 6.07) is 5.02. The van der Waals surface area contributed by atoms with Crippen LogP contribution in [0.1, 0.15) is 39.2 Å². The second kappa shape index (κ2) is 7.17. The number of nitrogens with two attached hydrogens (primary N) is 1. The maximum absolute atomic E-state index is 12.6. The molecular formula is C15H25ClN2O3S. The third kappa shape index (κ3) is 3.74. The number of hydrogen-bond donors (Lipinski definition) is 2. The van der Waals surface area contributed by atoms with Gasteiger partial charge in [0.2, 0.25) is 10.0 Å². The normalized spacial score (nSPS) is 17.5. The highest BCUT2D eigenvalue weighted by atomic mass is 35.5. The predicted molar refractivity (Wildman–Crippen MR) is 90.2 cm³/mol. The minimum absolute atomic E-state index is 0. The molecule has 7 heteroatoms. The van der Waals surface area contributed by atoms with Gasteiger partial charge in [-0.15, -0.1) is 12.4 Å². The Balaban J connectivity index is 0.00000242. The summed E-state index contributed by atoms with van der Waals surface area (Å²) in [6.45, 7) is 6.14. The maximum atomic E-state index is 12.6. The van der Waals surface area contributed by atoms with Gasteiger partial charge in [0.05, 0.1) is 4.90 Å². The summed E-state index contributed by atoms with van der Waals surface area (Å²) < 4.78 is 33.6. The van der Waals surface area contributed by atoms with Crippen LogP contribution in [0.4, 0.5) is 0 Å². The quantitative estimate of drug-likeness (QED) is 0.826. The zero-order chi connectivity index (χ0) is 15.7. The minimum atomic E-state index is -3.58. The maximum Gasteiger partial charge on any atom is 0.241 e. The minimum Gasteiger partial charge on any atom is -0.490 e. The van der Waals surface area contributed by atoms with E-state index in [4.69, 9.17) is 10.5 Å². The second-order valence-electron chi connectivity index (χ2n) is 5.70. The summed E-state index contributed by atoms with van der Waals surface area (Å²) in [5.74, 6) is 0.775. The number of halogens is 1. The van der Waals surface area contributed by atoms with Gasteiger partial charge >= 0.3 is 0 Å². The van der Waals surface area contributed by atoms with Crippen LogP contribution in [0.3, 0.4) is 0 Å². The van der Waals surface area contributed by atoms with Crippen LogP contribution in [0.5, 0.6) is 5.75 Å². The first-order chi connectivity index (χ1) is 9.85. The van der Waals surface area contributed by atoms with Crippen molar-refractivity contribution >= 4 is 22.4 Å². The monoisotopic (exact) mass is 348 g/mol. The average molecular weight is 349 g/mol. The van der Waals surface area contributed by atoms with Crippen LogP contribution in [-0.2, 0) is 16.4 Å². The van der Waals surface area contributed by atoms with Gasteiger partial charge in [-0.1, -0.05) is 13.8 Å². The first-order valence-electron chi connectivity index (χ1n) is 7.39. The standard InChI is InChI=1S/C15H24N2O3S.ClH/c1-4-15(5-2,10-16)17-21(18,19)13-6-7-14-12(9-13)8-11(3)20-14;/h6-7,9,11,17H,4-5,8,10,16H2,1-3H3;1H. The van der Waals surface area contributed by atoms with Crippen LogP contribution in [0.25, 0.3) is 0 Å². The van der Waals surface area contributed by atoms with E-state index in [2.05, 4.69) is 4.72 Å². The Morgan fingerprint density at radius 3 is 2.55 bits per heavy atom. The lowest BCUT2D eigenvalue weighted by Gasteiger charge is -2.31. The molecule has 0 aromatic heterocycles. The van der Waals surface area contributed by atoms with Crippen molar-refractivity contribution in [2.75, 3.05) is 6.54 Å². The molecule has 126 valence electrons. The van der Waals surface area contributed by atoms with Gasteiger partial charge in [0.15, 0.2) is 0 Å². The molecule has 5 nitrogen and oxygen atoms in total. The highest BCUT2D eigenvalue weighted by Crippen LogP contribution is 2.31. The predicted octanol–water partition coefficient (Wildman–Crippen LogP) is 2.23. The Bertz CT molecular complexity index is 607. The molecule has 0 bridgehead atoms. The molecule has 1 atom stereocenters. The van der Waals surface area contributed by atoms with E-state index in [9.17, 15) is 8.42 Å². The van der Waals surface area contributed by atoms with Gasteiger partial charge in [-0.05, 0) is 43.5 Å². The molecule has 1 unspecified atom stereocenters. The number of rotatable bonds is 6. The van der Waals surface area contributed by atoms with Gasteiger partial charge in [0.1, 0.15) is 11.9 Å². The van der Waals surface area contributed by atoms with Gasteiger partial charge < -0.3 is 10.5 Å². The molecule has 0 spiro atoms. The van der Waals surface area contributed by atoms with E-state index in [0.29, 0.717) is 12.8 Å². The van der Waals surface area contributed by atoms with Crippen LogP contribution in [0.15, 0.2) is 23.1 Å². The van der Waals surface area contributed by atoms with Crippen molar-refractivity contribution in [1.82, 2.24) is 4.72 Å². The van der Waals surface area contributed by atoms with E-state index in [0.717, 1.165) is 17.7 Å². The van der Waals surface area contributed by atoms with E-state index in [1.807, 2.05) is 20.8 Å². The molecule has 0 aliphatic carbocycles. The fourth-order valence-electron chi connectivity index (χ4n) is 2.63. The van der Waals surface area contributed by atoms with Crippen molar-refractivity contribution in [3.63, 3.8) is 0 Å². The van der Waals surface area contributed by atoms with Crippen molar-refractivity contribution in [3.8, 4) is 5.75 Å². The second-order valence-corrected chi connectivity index (χ2v) is 7.38. The molecule has 3 N–H and O–H groups in total. The van der Waals surface area contributed by atoms with E-state index in [1.54, 1.807) is 18.2 Å². The van der Waals surface area contributed by atoms with Crippen molar-refractivity contribution in [2.24, 2.45) is 5.73 Å². The number of hydrogen-bond acceptors (Lipinski definition) is 4. The number of sulfonamides is 1. The molecule has 1 heterocycles. The lowest BCUT2D eigenvalue weighted by molar-refractivity contribution is 0.254. The van der Waals surface area contributed by atoms with Crippen LogP contribution < -0.4 is 15.2 Å². The zero-order valence-corrected chi connectivity index (χ0v) is 14.9. The van der Waals surface area contributed by atoms with Gasteiger partial charge in [-0.2, -0.15) is 0 Å². The lowest BCUT2D eigenvalue weighted by atomic mass is 9.95. The Kier molecular flexibility index (Phi) is 6.27. The van der Waals surface area contributed by atoms with Crippen LogP contribution >= 0.6 is 12.4 Å². The number of benzene rings is 1. The third-order valence-electron chi connectivity index (χ3n) is 4.27. The van der Waals surface area contributed by atoms with E-state index >= 15 is 0 Å².